The molecule has 0 aromatic heterocycles. The largest absolute Gasteiger partial charge is 0.506 e. The van der Waals surface area contributed by atoms with Crippen LogP contribution in [-0.2, 0) is 19.6 Å². The van der Waals surface area contributed by atoms with E-state index in [4.69, 9.17) is 0 Å². The Hall–Kier alpha value is -2.62. The molecule has 1 fully saturated rings. The maximum Gasteiger partial charge on any atom is 0.286 e. The van der Waals surface area contributed by atoms with Crippen molar-refractivity contribution in [3.05, 3.63) is 18.2 Å². The summed E-state index contributed by atoms with van der Waals surface area (Å²) in [6.45, 7) is 9.77. The Kier molecular flexibility index (Phi) is 5.10. The molecule has 0 radical (unpaired) electrons. The molecular weight excluding hydrogens is 396 g/mol. The zero-order valence-corrected chi connectivity index (χ0v) is 17.9. The molecule has 1 aromatic carbocycles. The van der Waals surface area contributed by atoms with E-state index in [-0.39, 0.29) is 22.2 Å². The van der Waals surface area contributed by atoms with E-state index in [1.54, 1.807) is 20.8 Å². The number of phenolic OH excluding ortho intramolecular Hbond substituents is 1. The minimum Gasteiger partial charge on any atom is -0.506 e. The molecule has 10 heteroatoms. The van der Waals surface area contributed by atoms with Gasteiger partial charge in [0.15, 0.2) is 5.92 Å². The van der Waals surface area contributed by atoms with Crippen molar-refractivity contribution in [1.82, 2.24) is 10.0 Å². The molecule has 2 amide bonds. The summed E-state index contributed by atoms with van der Waals surface area (Å²) in [5.74, 6) is -2.79. The summed E-state index contributed by atoms with van der Waals surface area (Å²) in [6, 6.07) is 4.00. The van der Waals surface area contributed by atoms with Crippen LogP contribution in [0.15, 0.2) is 27.5 Å². The van der Waals surface area contributed by atoms with E-state index in [2.05, 4.69) is 9.71 Å². The molecule has 2 aliphatic heterocycles. The Balaban J connectivity index is 2.05. The van der Waals surface area contributed by atoms with E-state index in [0.717, 1.165) is 0 Å². The van der Waals surface area contributed by atoms with E-state index in [9.17, 15) is 23.1 Å². The lowest BCUT2D eigenvalue weighted by atomic mass is 10.0. The first kappa shape index (κ1) is 21.1. The molecule has 0 saturated carbocycles. The maximum absolute atomic E-state index is 13.2. The van der Waals surface area contributed by atoms with Crippen LogP contribution in [0.3, 0.4) is 0 Å². The molecule has 0 aliphatic carbocycles. The van der Waals surface area contributed by atoms with Crippen molar-refractivity contribution >= 4 is 33.4 Å². The van der Waals surface area contributed by atoms with E-state index in [1.165, 1.54) is 28.2 Å². The Labute approximate surface area is 170 Å². The van der Waals surface area contributed by atoms with Crippen LogP contribution in [0.5, 0.6) is 5.75 Å². The number of hydrazine groups is 1. The fourth-order valence-corrected chi connectivity index (χ4v) is 4.60. The van der Waals surface area contributed by atoms with Crippen LogP contribution < -0.4 is 5.32 Å². The number of carbonyl (C=O) groups excluding carboxylic acids is 2. The first-order chi connectivity index (χ1) is 13.3. The van der Waals surface area contributed by atoms with Crippen LogP contribution in [0.25, 0.3) is 0 Å². The van der Waals surface area contributed by atoms with Gasteiger partial charge in [0.25, 0.3) is 21.8 Å². The number of amidine groups is 1. The van der Waals surface area contributed by atoms with Crippen LogP contribution in [-0.4, -0.2) is 53.3 Å². The number of carbonyl (C=O) groups is 2. The van der Waals surface area contributed by atoms with Crippen LogP contribution >= 0.6 is 0 Å². The number of sulfonamides is 1. The van der Waals surface area contributed by atoms with Crippen LogP contribution in [0.4, 0.5) is 5.69 Å². The molecule has 158 valence electrons. The van der Waals surface area contributed by atoms with Crippen LogP contribution in [0.2, 0.25) is 0 Å². The van der Waals surface area contributed by atoms with Gasteiger partial charge in [-0.3, -0.25) is 9.59 Å². The summed E-state index contributed by atoms with van der Waals surface area (Å²) in [6.07, 6.45) is 0.681. The first-order valence-corrected chi connectivity index (χ1v) is 10.9. The van der Waals surface area contributed by atoms with Crippen LogP contribution in [0.1, 0.15) is 41.0 Å². The van der Waals surface area contributed by atoms with E-state index < -0.39 is 33.3 Å². The Morgan fingerprint density at radius 2 is 1.86 bits per heavy atom. The number of aromatic hydroxyl groups is 1. The predicted octanol–water partition coefficient (Wildman–Crippen LogP) is 1.95. The lowest BCUT2D eigenvalue weighted by Gasteiger charge is -2.38. The van der Waals surface area contributed by atoms with Crippen molar-refractivity contribution in [1.29, 1.82) is 0 Å². The SMILES string of the molecule is CC(C)CCN1C(=O)C(C2=NS(=O)(=O)c3cccc(O)c3N2)C(=O)N1C(C)(C)C. The van der Waals surface area contributed by atoms with Crippen molar-refractivity contribution in [3.8, 4) is 5.75 Å². The number of phenols is 1. The van der Waals surface area contributed by atoms with Crippen molar-refractivity contribution in [2.24, 2.45) is 16.2 Å². The number of amides is 2. The molecule has 0 bridgehead atoms. The lowest BCUT2D eigenvalue weighted by molar-refractivity contribution is -0.157. The second-order valence-corrected chi connectivity index (χ2v) is 10.2. The third kappa shape index (κ3) is 3.68. The molecule has 1 aromatic rings. The minimum atomic E-state index is -4.17. The van der Waals surface area contributed by atoms with Gasteiger partial charge in [0.2, 0.25) is 0 Å². The highest BCUT2D eigenvalue weighted by molar-refractivity contribution is 7.90. The second-order valence-electron chi connectivity index (χ2n) is 8.62. The standard InChI is InChI=1S/C19H26N4O5S/c1-11(2)9-10-22-17(25)14(18(26)23(22)19(3,4)5)16-20-15-12(24)7-6-8-13(15)29(27,28)21-16/h6-8,11,14,24H,9-10H2,1-5H3,(H,20,21). The molecule has 1 atom stereocenters. The first-order valence-electron chi connectivity index (χ1n) is 9.44. The van der Waals surface area contributed by atoms with Crippen LogP contribution in [0, 0.1) is 11.8 Å². The van der Waals surface area contributed by atoms with Gasteiger partial charge >= 0.3 is 0 Å². The summed E-state index contributed by atoms with van der Waals surface area (Å²) in [5, 5.41) is 15.5. The topological polar surface area (TPSA) is 119 Å². The normalized spacial score (nSPS) is 21.3. The molecule has 3 rings (SSSR count). The van der Waals surface area contributed by atoms with Gasteiger partial charge in [-0.1, -0.05) is 19.9 Å². The Morgan fingerprint density at radius 1 is 1.21 bits per heavy atom. The number of hydrogen-bond donors (Lipinski definition) is 2. The van der Waals surface area contributed by atoms with Gasteiger partial charge in [0.1, 0.15) is 22.2 Å². The molecule has 29 heavy (non-hydrogen) atoms. The molecule has 2 aliphatic rings. The zero-order valence-electron chi connectivity index (χ0n) is 17.1. The number of para-hydroxylation sites is 1. The van der Waals surface area contributed by atoms with Gasteiger partial charge in [-0.15, -0.1) is 4.40 Å². The highest BCUT2D eigenvalue weighted by Crippen LogP contribution is 2.37. The minimum absolute atomic E-state index is 0.0824. The molecule has 2 heterocycles. The van der Waals surface area contributed by atoms with Crippen molar-refractivity contribution in [2.75, 3.05) is 11.9 Å². The monoisotopic (exact) mass is 422 g/mol. The molecule has 0 spiro atoms. The smallest absolute Gasteiger partial charge is 0.286 e. The Morgan fingerprint density at radius 3 is 2.45 bits per heavy atom. The fourth-order valence-electron chi connectivity index (χ4n) is 3.43. The second kappa shape index (κ2) is 7.01. The van der Waals surface area contributed by atoms with Gasteiger partial charge in [-0.25, -0.2) is 10.0 Å². The van der Waals surface area contributed by atoms with Crippen molar-refractivity contribution < 1.29 is 23.1 Å². The quantitative estimate of drug-likeness (QED) is 0.565. The van der Waals surface area contributed by atoms with Crippen molar-refractivity contribution in [3.63, 3.8) is 0 Å². The van der Waals surface area contributed by atoms with Gasteiger partial charge in [-0.2, -0.15) is 8.42 Å². The molecule has 1 unspecified atom stereocenters. The fraction of sp³-hybridized carbons (Fsp3) is 0.526. The summed E-state index contributed by atoms with van der Waals surface area (Å²) in [5.41, 5.74) is -0.770. The third-order valence-electron chi connectivity index (χ3n) is 4.78. The number of anilines is 1. The lowest BCUT2D eigenvalue weighted by Crippen LogP contribution is -2.52. The van der Waals surface area contributed by atoms with Gasteiger partial charge < -0.3 is 10.4 Å². The molecule has 2 N–H and O–H groups in total. The predicted molar refractivity (Wildman–Crippen MR) is 108 cm³/mol. The summed E-state index contributed by atoms with van der Waals surface area (Å²) in [7, 11) is -4.17. The highest BCUT2D eigenvalue weighted by Gasteiger charge is 2.53. The Bertz CT molecular complexity index is 994. The van der Waals surface area contributed by atoms with E-state index in [1.807, 2.05) is 13.8 Å². The van der Waals surface area contributed by atoms with E-state index >= 15 is 0 Å². The summed E-state index contributed by atoms with van der Waals surface area (Å²) in [4.78, 5) is 26.2. The average molecular weight is 423 g/mol. The number of fused-ring (bicyclic) bond motifs is 1. The van der Waals surface area contributed by atoms with E-state index in [0.29, 0.717) is 18.9 Å². The zero-order chi connectivity index (χ0) is 21.7. The van der Waals surface area contributed by atoms with Crippen molar-refractivity contribution in [2.45, 2.75) is 51.5 Å². The number of benzene rings is 1. The van der Waals surface area contributed by atoms with Gasteiger partial charge in [0.05, 0.1) is 5.54 Å². The highest BCUT2D eigenvalue weighted by atomic mass is 32.2. The summed E-state index contributed by atoms with van der Waals surface area (Å²) >= 11 is 0. The summed E-state index contributed by atoms with van der Waals surface area (Å²) < 4.78 is 28.9. The maximum atomic E-state index is 13.2. The molecular formula is C19H26N4O5S. The average Bonchev–Trinajstić information content (AvgIpc) is 2.83. The number of nitrogens with one attached hydrogen (secondary N) is 1. The molecule has 1 saturated heterocycles. The number of nitrogens with zero attached hydrogens (tertiary/aromatic N) is 3. The third-order valence-corrected chi connectivity index (χ3v) is 6.11. The van der Waals surface area contributed by atoms with Gasteiger partial charge in [-0.05, 0) is 45.2 Å². The number of rotatable bonds is 4. The van der Waals surface area contributed by atoms with Gasteiger partial charge in [0, 0.05) is 6.54 Å². The molecule has 9 nitrogen and oxygen atoms in total. The number of hydrogen-bond acceptors (Lipinski definition) is 6.